The molecule has 0 radical (unpaired) electrons. The number of piperidine rings is 1. The first-order valence-corrected chi connectivity index (χ1v) is 6.29. The summed E-state index contributed by atoms with van der Waals surface area (Å²) in [6, 6.07) is 5.69. The van der Waals surface area contributed by atoms with Crippen molar-refractivity contribution in [2.75, 3.05) is 6.54 Å². The van der Waals surface area contributed by atoms with Crippen LogP contribution in [0.3, 0.4) is 0 Å². The Morgan fingerprint density at radius 1 is 1.42 bits per heavy atom. The second-order valence-corrected chi connectivity index (χ2v) is 4.79. The van der Waals surface area contributed by atoms with Crippen molar-refractivity contribution >= 4 is 11.9 Å². The molecule has 2 rings (SSSR count). The van der Waals surface area contributed by atoms with Crippen molar-refractivity contribution in [2.24, 2.45) is 5.92 Å². The summed E-state index contributed by atoms with van der Waals surface area (Å²) in [5.41, 5.74) is 0.806. The first-order chi connectivity index (χ1) is 9.00. The number of rotatable bonds is 3. The summed E-state index contributed by atoms with van der Waals surface area (Å²) in [7, 11) is 0. The van der Waals surface area contributed by atoms with E-state index in [2.05, 4.69) is 0 Å². The molecule has 1 aromatic carbocycles. The summed E-state index contributed by atoms with van der Waals surface area (Å²) in [5, 5.41) is 9.02. The van der Waals surface area contributed by atoms with E-state index in [1.54, 1.807) is 17.0 Å². The molecule has 0 bridgehead atoms. The Morgan fingerprint density at radius 2 is 2.05 bits per heavy atom. The maximum Gasteiger partial charge on any atom is 0.316 e. The van der Waals surface area contributed by atoms with Crippen LogP contribution in [0.2, 0.25) is 0 Å². The number of halogens is 1. The molecule has 1 aliphatic heterocycles. The molecule has 0 aromatic heterocycles. The number of likely N-dealkylation sites (tertiary alicyclic amines) is 1. The fourth-order valence-corrected chi connectivity index (χ4v) is 2.43. The van der Waals surface area contributed by atoms with Crippen molar-refractivity contribution in [1.82, 2.24) is 4.90 Å². The van der Waals surface area contributed by atoms with Gasteiger partial charge >= 0.3 is 5.97 Å². The molecule has 102 valence electrons. The number of hydrogen-bond acceptors (Lipinski definition) is 2. The van der Waals surface area contributed by atoms with Gasteiger partial charge in [-0.25, -0.2) is 4.39 Å². The molecule has 0 spiro atoms. The Kier molecular flexibility index (Phi) is 3.83. The van der Waals surface area contributed by atoms with Gasteiger partial charge in [0.25, 0.3) is 0 Å². The molecule has 0 saturated carbocycles. The van der Waals surface area contributed by atoms with E-state index in [0.717, 1.165) is 5.56 Å². The van der Waals surface area contributed by atoms with E-state index in [0.29, 0.717) is 19.4 Å². The minimum atomic E-state index is -1.07. The van der Waals surface area contributed by atoms with E-state index in [-0.39, 0.29) is 17.8 Å². The highest BCUT2D eigenvalue weighted by atomic mass is 19.1. The number of aliphatic carboxylic acids is 1. The molecule has 1 unspecified atom stereocenters. The lowest BCUT2D eigenvalue weighted by atomic mass is 9.94. The Bertz CT molecular complexity index is 486. The van der Waals surface area contributed by atoms with Gasteiger partial charge in [-0.15, -0.1) is 0 Å². The molecule has 1 amide bonds. The summed E-state index contributed by atoms with van der Waals surface area (Å²) >= 11 is 0. The summed E-state index contributed by atoms with van der Waals surface area (Å²) < 4.78 is 12.9. The van der Waals surface area contributed by atoms with Crippen molar-refractivity contribution < 1.29 is 19.1 Å². The van der Waals surface area contributed by atoms with Crippen molar-refractivity contribution in [3.63, 3.8) is 0 Å². The van der Waals surface area contributed by atoms with Gasteiger partial charge < -0.3 is 10.0 Å². The Balaban J connectivity index is 2.18. The van der Waals surface area contributed by atoms with Crippen molar-refractivity contribution in [3.05, 3.63) is 35.6 Å². The lowest BCUT2D eigenvalue weighted by Gasteiger charge is -2.35. The highest BCUT2D eigenvalue weighted by Gasteiger charge is 2.36. The van der Waals surface area contributed by atoms with Gasteiger partial charge in [-0.3, -0.25) is 9.59 Å². The minimum Gasteiger partial charge on any atom is -0.481 e. The molecule has 1 heterocycles. The molecule has 4 nitrogen and oxygen atoms in total. The van der Waals surface area contributed by atoms with E-state index >= 15 is 0 Å². The molecule has 19 heavy (non-hydrogen) atoms. The Morgan fingerprint density at radius 3 is 2.63 bits per heavy atom. The van der Waals surface area contributed by atoms with Crippen LogP contribution >= 0.6 is 0 Å². The number of carboxylic acids is 1. The molecule has 1 fully saturated rings. The van der Waals surface area contributed by atoms with Crippen LogP contribution in [-0.4, -0.2) is 28.4 Å². The molecule has 5 heteroatoms. The topological polar surface area (TPSA) is 57.6 Å². The lowest BCUT2D eigenvalue weighted by molar-refractivity contribution is -0.155. The average Bonchev–Trinajstić information content (AvgIpc) is 2.38. The third-order valence-electron chi connectivity index (χ3n) is 3.59. The van der Waals surface area contributed by atoms with Crippen LogP contribution in [0.25, 0.3) is 0 Å². The smallest absolute Gasteiger partial charge is 0.316 e. The number of hydrogen-bond donors (Lipinski definition) is 1. The number of benzene rings is 1. The summed E-state index contributed by atoms with van der Waals surface area (Å²) in [6.45, 7) is 2.37. The van der Waals surface area contributed by atoms with Gasteiger partial charge in [0, 0.05) is 6.54 Å². The van der Waals surface area contributed by atoms with Crippen LogP contribution in [0, 0.1) is 11.7 Å². The standard InChI is InChI=1S/C14H16FNO3/c1-9(10-4-6-11(15)7-5-10)16-8-2-3-12(13(16)17)14(18)19/h4-7,9,12H,2-3,8H2,1H3,(H,18,19)/t9-,12?/m0/s1. The number of amides is 1. The highest BCUT2D eigenvalue weighted by molar-refractivity contribution is 5.97. The number of nitrogens with zero attached hydrogens (tertiary/aromatic N) is 1. The Hall–Kier alpha value is -1.91. The molecule has 1 aromatic rings. The van der Waals surface area contributed by atoms with E-state index in [9.17, 15) is 14.0 Å². The second-order valence-electron chi connectivity index (χ2n) is 4.79. The summed E-state index contributed by atoms with van der Waals surface area (Å²) in [6.07, 6.45) is 1.06. The van der Waals surface area contributed by atoms with E-state index in [4.69, 9.17) is 5.11 Å². The third kappa shape index (κ3) is 2.75. The van der Waals surface area contributed by atoms with Gasteiger partial charge in [0.1, 0.15) is 11.7 Å². The van der Waals surface area contributed by atoms with Gasteiger partial charge in [-0.2, -0.15) is 0 Å². The fourth-order valence-electron chi connectivity index (χ4n) is 2.43. The quantitative estimate of drug-likeness (QED) is 0.852. The number of carbonyl (C=O) groups is 2. The monoisotopic (exact) mass is 265 g/mol. The first kappa shape index (κ1) is 13.5. The third-order valence-corrected chi connectivity index (χ3v) is 3.59. The maximum atomic E-state index is 12.9. The van der Waals surface area contributed by atoms with Gasteiger partial charge in [0.2, 0.25) is 5.91 Å². The Labute approximate surface area is 110 Å². The van der Waals surface area contributed by atoms with Crippen LogP contribution in [-0.2, 0) is 9.59 Å². The van der Waals surface area contributed by atoms with Crippen LogP contribution in [0.15, 0.2) is 24.3 Å². The van der Waals surface area contributed by atoms with Crippen LogP contribution < -0.4 is 0 Å². The normalized spacial score (nSPS) is 21.3. The average molecular weight is 265 g/mol. The number of carbonyl (C=O) groups excluding carboxylic acids is 1. The predicted molar refractivity (Wildman–Crippen MR) is 66.9 cm³/mol. The van der Waals surface area contributed by atoms with Gasteiger partial charge in [-0.05, 0) is 37.5 Å². The summed E-state index contributed by atoms with van der Waals surface area (Å²) in [5.74, 6) is -2.70. The molecule has 0 aliphatic carbocycles. The van der Waals surface area contributed by atoms with Gasteiger partial charge in [0.05, 0.1) is 6.04 Å². The van der Waals surface area contributed by atoms with Crippen LogP contribution in [0.5, 0.6) is 0 Å². The van der Waals surface area contributed by atoms with Gasteiger partial charge in [-0.1, -0.05) is 12.1 Å². The van der Waals surface area contributed by atoms with E-state index < -0.39 is 11.9 Å². The lowest BCUT2D eigenvalue weighted by Crippen LogP contribution is -2.45. The molecule has 1 N–H and O–H groups in total. The van der Waals surface area contributed by atoms with E-state index in [1.807, 2.05) is 6.92 Å². The molecule has 1 aliphatic rings. The molecule has 1 saturated heterocycles. The minimum absolute atomic E-state index is 0.241. The van der Waals surface area contributed by atoms with Crippen LogP contribution in [0.4, 0.5) is 4.39 Å². The molecular weight excluding hydrogens is 249 g/mol. The molecule has 2 atom stereocenters. The van der Waals surface area contributed by atoms with E-state index in [1.165, 1.54) is 12.1 Å². The largest absolute Gasteiger partial charge is 0.481 e. The first-order valence-electron chi connectivity index (χ1n) is 6.29. The highest BCUT2D eigenvalue weighted by Crippen LogP contribution is 2.27. The fraction of sp³-hybridized carbons (Fsp3) is 0.429. The predicted octanol–water partition coefficient (Wildman–Crippen LogP) is 2.21. The zero-order chi connectivity index (χ0) is 14.0. The number of carboxylic acid groups (broad SMARTS) is 1. The molecular formula is C14H16FNO3. The van der Waals surface area contributed by atoms with Gasteiger partial charge in [0.15, 0.2) is 0 Å². The van der Waals surface area contributed by atoms with Crippen molar-refractivity contribution in [3.8, 4) is 0 Å². The maximum absolute atomic E-state index is 12.9. The second kappa shape index (κ2) is 5.38. The van der Waals surface area contributed by atoms with Crippen molar-refractivity contribution in [1.29, 1.82) is 0 Å². The SMILES string of the molecule is C[C@@H](c1ccc(F)cc1)N1CCCC(C(=O)O)C1=O. The summed E-state index contributed by atoms with van der Waals surface area (Å²) in [4.78, 5) is 24.7. The zero-order valence-electron chi connectivity index (χ0n) is 10.7. The van der Waals surface area contributed by atoms with Crippen molar-refractivity contribution in [2.45, 2.75) is 25.8 Å². The van der Waals surface area contributed by atoms with Crippen LogP contribution in [0.1, 0.15) is 31.4 Å². The zero-order valence-corrected chi connectivity index (χ0v) is 10.7.